The van der Waals surface area contributed by atoms with Crippen LogP contribution in [-0.2, 0) is 24.2 Å². The Bertz CT molecular complexity index is 891. The predicted octanol–water partition coefficient (Wildman–Crippen LogP) is 2.25. The third-order valence-corrected chi connectivity index (χ3v) is 4.26. The highest BCUT2D eigenvalue weighted by Gasteiger charge is 2.19. The van der Waals surface area contributed by atoms with Gasteiger partial charge >= 0.3 is 0 Å². The maximum absolute atomic E-state index is 12.5. The molecule has 27 heavy (non-hydrogen) atoms. The van der Waals surface area contributed by atoms with Gasteiger partial charge < -0.3 is 15.8 Å². The summed E-state index contributed by atoms with van der Waals surface area (Å²) in [7, 11) is 0. The van der Waals surface area contributed by atoms with Gasteiger partial charge in [-0.25, -0.2) is 0 Å². The summed E-state index contributed by atoms with van der Waals surface area (Å²) in [6.07, 6.45) is 3.58. The molecule has 0 aliphatic heterocycles. The van der Waals surface area contributed by atoms with Gasteiger partial charge in [0.05, 0.1) is 11.7 Å². The second-order valence-corrected chi connectivity index (χ2v) is 6.34. The summed E-state index contributed by atoms with van der Waals surface area (Å²) in [5.74, 6) is -0.445. The Morgan fingerprint density at radius 1 is 1.07 bits per heavy atom. The molecule has 6 nitrogen and oxygen atoms in total. The van der Waals surface area contributed by atoms with E-state index in [1.807, 2.05) is 60.7 Å². The average molecular weight is 362 g/mol. The standard InChI is InChI=1S/C21H22N4O2/c22-19-14-25(12-11-16-7-3-1-4-8-16)24-20(19)21(27)23-18(15-26)13-17-9-5-2-6-10-17/h1-10,14-15,18H,11-13,22H2,(H,23,27). The Hall–Kier alpha value is -3.41. The third-order valence-electron chi connectivity index (χ3n) is 4.26. The van der Waals surface area contributed by atoms with Crippen LogP contribution in [0.15, 0.2) is 66.9 Å². The first-order valence-corrected chi connectivity index (χ1v) is 8.82. The van der Waals surface area contributed by atoms with Crippen LogP contribution in [0.25, 0.3) is 0 Å². The lowest BCUT2D eigenvalue weighted by Crippen LogP contribution is -2.38. The number of anilines is 1. The van der Waals surface area contributed by atoms with Crippen LogP contribution in [0.4, 0.5) is 5.69 Å². The van der Waals surface area contributed by atoms with Gasteiger partial charge in [-0.2, -0.15) is 5.10 Å². The minimum atomic E-state index is -0.631. The van der Waals surface area contributed by atoms with Crippen LogP contribution in [0, 0.1) is 0 Å². The number of aromatic nitrogens is 2. The quantitative estimate of drug-likeness (QED) is 0.602. The van der Waals surface area contributed by atoms with Gasteiger partial charge in [0.25, 0.3) is 5.91 Å². The molecule has 0 saturated heterocycles. The lowest BCUT2D eigenvalue weighted by molar-refractivity contribution is -0.109. The molecular weight excluding hydrogens is 340 g/mol. The molecule has 0 bridgehead atoms. The SMILES string of the molecule is Nc1cn(CCc2ccccc2)nc1C(=O)NC(C=O)Cc1ccccc1. The molecule has 1 unspecified atom stereocenters. The summed E-state index contributed by atoms with van der Waals surface area (Å²) in [5.41, 5.74) is 8.54. The minimum Gasteiger partial charge on any atom is -0.396 e. The normalized spacial score (nSPS) is 11.7. The largest absolute Gasteiger partial charge is 0.396 e. The van der Waals surface area contributed by atoms with E-state index in [1.165, 1.54) is 5.56 Å². The summed E-state index contributed by atoms with van der Waals surface area (Å²) in [6.45, 7) is 0.614. The van der Waals surface area contributed by atoms with E-state index < -0.39 is 11.9 Å². The van der Waals surface area contributed by atoms with Gasteiger partial charge in [0, 0.05) is 12.7 Å². The molecule has 0 spiro atoms. The van der Waals surface area contributed by atoms with E-state index in [2.05, 4.69) is 10.4 Å². The summed E-state index contributed by atoms with van der Waals surface area (Å²) < 4.78 is 1.66. The van der Waals surface area contributed by atoms with Gasteiger partial charge in [-0.3, -0.25) is 9.48 Å². The molecule has 138 valence electrons. The Morgan fingerprint density at radius 2 is 1.70 bits per heavy atom. The zero-order chi connectivity index (χ0) is 19.1. The van der Waals surface area contributed by atoms with Crippen molar-refractivity contribution in [1.29, 1.82) is 0 Å². The zero-order valence-electron chi connectivity index (χ0n) is 14.9. The van der Waals surface area contributed by atoms with Crippen LogP contribution < -0.4 is 11.1 Å². The molecule has 0 aliphatic carbocycles. The van der Waals surface area contributed by atoms with E-state index in [4.69, 9.17) is 5.73 Å². The summed E-state index contributed by atoms with van der Waals surface area (Å²) in [4.78, 5) is 23.8. The fourth-order valence-electron chi connectivity index (χ4n) is 2.85. The molecular formula is C21H22N4O2. The molecule has 0 aliphatic rings. The van der Waals surface area contributed by atoms with Crippen molar-refractivity contribution >= 4 is 17.9 Å². The molecule has 3 N–H and O–H groups in total. The van der Waals surface area contributed by atoms with Gasteiger partial charge in [-0.15, -0.1) is 0 Å². The van der Waals surface area contributed by atoms with Crippen LogP contribution >= 0.6 is 0 Å². The highest BCUT2D eigenvalue weighted by atomic mass is 16.2. The number of aryl methyl sites for hydroxylation is 2. The molecule has 0 radical (unpaired) electrons. The van der Waals surface area contributed by atoms with Crippen LogP contribution in [0.1, 0.15) is 21.6 Å². The second kappa shape index (κ2) is 8.80. The number of nitrogens with two attached hydrogens (primary N) is 1. The van der Waals surface area contributed by atoms with E-state index in [0.717, 1.165) is 18.3 Å². The van der Waals surface area contributed by atoms with Gasteiger partial charge in [-0.1, -0.05) is 60.7 Å². The van der Waals surface area contributed by atoms with Crippen molar-refractivity contribution in [1.82, 2.24) is 15.1 Å². The Kier molecular flexibility index (Phi) is 5.99. The number of carbonyl (C=O) groups excluding carboxylic acids is 2. The fraction of sp³-hybridized carbons (Fsp3) is 0.190. The molecule has 1 amide bonds. The van der Waals surface area contributed by atoms with Crippen molar-refractivity contribution in [3.05, 3.63) is 83.7 Å². The molecule has 0 saturated carbocycles. The minimum absolute atomic E-state index is 0.142. The lowest BCUT2D eigenvalue weighted by atomic mass is 10.1. The van der Waals surface area contributed by atoms with Gasteiger partial charge in [0.1, 0.15) is 6.29 Å². The smallest absolute Gasteiger partial charge is 0.274 e. The van der Waals surface area contributed by atoms with Crippen molar-refractivity contribution in [2.45, 2.75) is 25.4 Å². The average Bonchev–Trinajstić information content (AvgIpc) is 3.08. The summed E-state index contributed by atoms with van der Waals surface area (Å²) in [5, 5.41) is 6.98. The highest BCUT2D eigenvalue weighted by molar-refractivity contribution is 5.98. The van der Waals surface area contributed by atoms with Gasteiger partial charge in [-0.05, 0) is 24.0 Å². The summed E-state index contributed by atoms with van der Waals surface area (Å²) in [6, 6.07) is 18.9. The topological polar surface area (TPSA) is 90.0 Å². The van der Waals surface area contributed by atoms with Gasteiger partial charge in [0.15, 0.2) is 5.69 Å². The molecule has 6 heteroatoms. The van der Waals surface area contributed by atoms with Gasteiger partial charge in [0.2, 0.25) is 0 Å². The number of hydrogen-bond donors (Lipinski definition) is 2. The number of nitrogens with zero attached hydrogens (tertiary/aromatic N) is 2. The van der Waals surface area contributed by atoms with Crippen molar-refractivity contribution in [3.63, 3.8) is 0 Å². The highest BCUT2D eigenvalue weighted by Crippen LogP contribution is 2.11. The number of amides is 1. The number of carbonyl (C=O) groups is 2. The van der Waals surface area contributed by atoms with Crippen molar-refractivity contribution in [2.75, 3.05) is 5.73 Å². The third kappa shape index (κ3) is 5.04. The first-order chi connectivity index (χ1) is 13.2. The molecule has 3 aromatic rings. The number of rotatable bonds is 8. The van der Waals surface area contributed by atoms with Crippen LogP contribution in [-0.4, -0.2) is 28.0 Å². The Balaban J connectivity index is 1.62. The molecule has 0 fully saturated rings. The number of benzene rings is 2. The zero-order valence-corrected chi connectivity index (χ0v) is 14.9. The van der Waals surface area contributed by atoms with Crippen LogP contribution in [0.2, 0.25) is 0 Å². The lowest BCUT2D eigenvalue weighted by Gasteiger charge is -2.12. The Morgan fingerprint density at radius 3 is 2.33 bits per heavy atom. The second-order valence-electron chi connectivity index (χ2n) is 6.34. The Labute approximate surface area is 158 Å². The first-order valence-electron chi connectivity index (χ1n) is 8.82. The number of hydrogen-bond acceptors (Lipinski definition) is 4. The van der Waals surface area contributed by atoms with Crippen LogP contribution in [0.5, 0.6) is 0 Å². The van der Waals surface area contributed by atoms with Crippen molar-refractivity contribution in [3.8, 4) is 0 Å². The van der Waals surface area contributed by atoms with Crippen LogP contribution in [0.3, 0.4) is 0 Å². The van der Waals surface area contributed by atoms with Crippen molar-refractivity contribution in [2.24, 2.45) is 0 Å². The first kappa shape index (κ1) is 18.4. The molecule has 2 aromatic carbocycles. The van der Waals surface area contributed by atoms with E-state index in [9.17, 15) is 9.59 Å². The number of nitrogen functional groups attached to an aromatic ring is 1. The van der Waals surface area contributed by atoms with Crippen molar-refractivity contribution < 1.29 is 9.59 Å². The molecule has 1 atom stereocenters. The maximum Gasteiger partial charge on any atom is 0.274 e. The maximum atomic E-state index is 12.5. The van der Waals surface area contributed by atoms with E-state index in [0.29, 0.717) is 18.7 Å². The monoisotopic (exact) mass is 362 g/mol. The summed E-state index contributed by atoms with van der Waals surface area (Å²) >= 11 is 0. The number of nitrogens with one attached hydrogen (secondary N) is 1. The van der Waals surface area contributed by atoms with E-state index >= 15 is 0 Å². The predicted molar refractivity (Wildman–Crippen MR) is 104 cm³/mol. The number of aldehydes is 1. The molecule has 1 heterocycles. The van der Waals surface area contributed by atoms with E-state index in [1.54, 1.807) is 10.9 Å². The molecule has 3 rings (SSSR count). The van der Waals surface area contributed by atoms with E-state index in [-0.39, 0.29) is 5.69 Å². The fourth-order valence-corrected chi connectivity index (χ4v) is 2.85. The molecule has 1 aromatic heterocycles.